The van der Waals surface area contributed by atoms with E-state index >= 15 is 0 Å². The first-order valence-electron chi connectivity index (χ1n) is 7.02. The fourth-order valence-corrected chi connectivity index (χ4v) is 2.09. The molecular weight excluding hydrogens is 250 g/mol. The highest BCUT2D eigenvalue weighted by Crippen LogP contribution is 2.21. The normalized spacial score (nSPS) is 14.1. The van der Waals surface area contributed by atoms with E-state index in [0.717, 1.165) is 6.42 Å². The van der Waals surface area contributed by atoms with Gasteiger partial charge < -0.3 is 15.8 Å². The quantitative estimate of drug-likeness (QED) is 0.593. The summed E-state index contributed by atoms with van der Waals surface area (Å²) in [6.07, 6.45) is 0.984. The smallest absolute Gasteiger partial charge is 0.188 e. The van der Waals surface area contributed by atoms with Crippen LogP contribution in [0.15, 0.2) is 35.3 Å². The molecule has 112 valence electrons. The number of aliphatic imine (C=N–C) groups is 1. The van der Waals surface area contributed by atoms with Crippen LogP contribution in [0.2, 0.25) is 0 Å². The molecule has 1 unspecified atom stereocenters. The topological polar surface area (TPSA) is 59.6 Å². The summed E-state index contributed by atoms with van der Waals surface area (Å²) in [7, 11) is 1.68. The lowest BCUT2D eigenvalue weighted by molar-refractivity contribution is 0.179. The summed E-state index contributed by atoms with van der Waals surface area (Å²) < 4.78 is 5.06. The molecule has 4 heteroatoms. The monoisotopic (exact) mass is 277 g/mol. The van der Waals surface area contributed by atoms with Gasteiger partial charge >= 0.3 is 0 Å². The highest BCUT2D eigenvalue weighted by Gasteiger charge is 2.18. The summed E-state index contributed by atoms with van der Waals surface area (Å²) in [4.78, 5) is 4.44. The zero-order valence-electron chi connectivity index (χ0n) is 13.0. The molecule has 0 fully saturated rings. The molecule has 0 aliphatic carbocycles. The molecule has 1 aromatic rings. The van der Waals surface area contributed by atoms with Crippen LogP contribution in [0.5, 0.6) is 0 Å². The molecule has 1 aromatic carbocycles. The Balaban J connectivity index is 2.49. The number of methoxy groups -OCH3 is 1. The number of benzene rings is 1. The lowest BCUT2D eigenvalue weighted by Gasteiger charge is -2.23. The molecule has 0 bridgehead atoms. The minimum absolute atomic E-state index is 0.0815. The van der Waals surface area contributed by atoms with Gasteiger partial charge in [0.05, 0.1) is 6.61 Å². The van der Waals surface area contributed by atoms with Crippen molar-refractivity contribution in [2.24, 2.45) is 16.1 Å². The van der Waals surface area contributed by atoms with Crippen LogP contribution in [0.3, 0.4) is 0 Å². The Morgan fingerprint density at radius 3 is 2.60 bits per heavy atom. The van der Waals surface area contributed by atoms with E-state index in [0.29, 0.717) is 19.1 Å². The highest BCUT2D eigenvalue weighted by molar-refractivity contribution is 5.78. The molecule has 1 rings (SSSR count). The summed E-state index contributed by atoms with van der Waals surface area (Å²) in [5.41, 5.74) is 7.30. The van der Waals surface area contributed by atoms with Crippen molar-refractivity contribution in [3.63, 3.8) is 0 Å². The highest BCUT2D eigenvalue weighted by atomic mass is 16.5. The van der Waals surface area contributed by atoms with Gasteiger partial charge in [-0.1, -0.05) is 44.2 Å². The van der Waals surface area contributed by atoms with Crippen molar-refractivity contribution in [1.82, 2.24) is 5.32 Å². The van der Waals surface area contributed by atoms with E-state index in [1.54, 1.807) is 7.11 Å². The van der Waals surface area contributed by atoms with Crippen molar-refractivity contribution >= 4 is 5.96 Å². The lowest BCUT2D eigenvalue weighted by Crippen LogP contribution is -2.41. The second kappa shape index (κ2) is 7.90. The van der Waals surface area contributed by atoms with Gasteiger partial charge in [0.15, 0.2) is 5.96 Å². The number of guanidine groups is 1. The van der Waals surface area contributed by atoms with Gasteiger partial charge in [-0.3, -0.25) is 4.99 Å². The van der Waals surface area contributed by atoms with Gasteiger partial charge in [-0.15, -0.1) is 0 Å². The number of hydrogen-bond acceptors (Lipinski definition) is 2. The molecule has 0 saturated heterocycles. The van der Waals surface area contributed by atoms with Gasteiger partial charge in [-0.05, 0) is 24.3 Å². The Morgan fingerprint density at radius 2 is 2.00 bits per heavy atom. The number of nitrogens with two attached hydrogens (primary N) is 1. The average Bonchev–Trinajstić information content (AvgIpc) is 2.37. The van der Waals surface area contributed by atoms with E-state index in [2.05, 4.69) is 48.4 Å². The number of rotatable bonds is 7. The number of ether oxygens (including phenoxy) is 1. The fraction of sp³-hybridized carbons (Fsp3) is 0.562. The van der Waals surface area contributed by atoms with Crippen LogP contribution in [-0.2, 0) is 11.2 Å². The zero-order valence-corrected chi connectivity index (χ0v) is 13.0. The predicted octanol–water partition coefficient (Wildman–Crippen LogP) is 2.19. The third-order valence-electron chi connectivity index (χ3n) is 3.01. The summed E-state index contributed by atoms with van der Waals surface area (Å²) in [6, 6.07) is 10.6. The van der Waals surface area contributed by atoms with E-state index in [1.165, 1.54) is 5.56 Å². The predicted molar refractivity (Wildman–Crippen MR) is 84.9 cm³/mol. The molecule has 0 amide bonds. The van der Waals surface area contributed by atoms with Gasteiger partial charge in [0.2, 0.25) is 0 Å². The van der Waals surface area contributed by atoms with Crippen molar-refractivity contribution in [3.05, 3.63) is 35.9 Å². The molecule has 0 saturated carbocycles. The summed E-state index contributed by atoms with van der Waals surface area (Å²) in [5.74, 6) is 0.482. The van der Waals surface area contributed by atoms with Gasteiger partial charge in [-0.2, -0.15) is 0 Å². The summed E-state index contributed by atoms with van der Waals surface area (Å²) >= 11 is 0. The van der Waals surface area contributed by atoms with Crippen LogP contribution in [0.25, 0.3) is 0 Å². The second-order valence-electron chi connectivity index (χ2n) is 6.03. The maximum absolute atomic E-state index is 5.89. The molecular formula is C16H27N3O. The van der Waals surface area contributed by atoms with Crippen LogP contribution in [0.4, 0.5) is 0 Å². The van der Waals surface area contributed by atoms with Gasteiger partial charge in [-0.25, -0.2) is 0 Å². The van der Waals surface area contributed by atoms with Crippen LogP contribution >= 0.6 is 0 Å². The van der Waals surface area contributed by atoms with Crippen LogP contribution in [-0.4, -0.2) is 32.3 Å². The number of nitrogens with zero attached hydrogens (tertiary/aromatic N) is 1. The van der Waals surface area contributed by atoms with Gasteiger partial charge in [0, 0.05) is 19.7 Å². The largest absolute Gasteiger partial charge is 0.383 e. The molecule has 0 heterocycles. The Hall–Kier alpha value is -1.55. The lowest BCUT2D eigenvalue weighted by atomic mass is 9.86. The van der Waals surface area contributed by atoms with E-state index in [1.807, 2.05) is 13.0 Å². The molecule has 0 aliphatic rings. The maximum atomic E-state index is 5.89. The summed E-state index contributed by atoms with van der Waals surface area (Å²) in [6.45, 7) is 7.73. The first-order chi connectivity index (χ1) is 9.43. The average molecular weight is 277 g/mol. The van der Waals surface area contributed by atoms with E-state index < -0.39 is 0 Å². The molecule has 0 spiro atoms. The standard InChI is InChI=1S/C16H27N3O/c1-13(11-20-4)19-15(17)18-12-16(2,3)10-14-8-6-5-7-9-14/h5-9,13H,10-12H2,1-4H3,(H3,17,18,19). The molecule has 4 nitrogen and oxygen atoms in total. The van der Waals surface area contributed by atoms with Gasteiger partial charge in [0.25, 0.3) is 0 Å². The Kier molecular flexibility index (Phi) is 6.52. The Morgan fingerprint density at radius 1 is 1.35 bits per heavy atom. The molecule has 1 atom stereocenters. The molecule has 0 aromatic heterocycles. The first kappa shape index (κ1) is 16.5. The Labute approximate surface area is 122 Å². The number of nitrogens with one attached hydrogen (secondary N) is 1. The fourth-order valence-electron chi connectivity index (χ4n) is 2.09. The maximum Gasteiger partial charge on any atom is 0.188 e. The molecule has 3 N–H and O–H groups in total. The van der Waals surface area contributed by atoms with Crippen LogP contribution < -0.4 is 11.1 Å². The van der Waals surface area contributed by atoms with Crippen molar-refractivity contribution in [3.8, 4) is 0 Å². The molecule has 0 radical (unpaired) electrons. The van der Waals surface area contributed by atoms with E-state index in [-0.39, 0.29) is 11.5 Å². The van der Waals surface area contributed by atoms with Crippen LogP contribution in [0, 0.1) is 5.41 Å². The van der Waals surface area contributed by atoms with Crippen molar-refractivity contribution in [2.75, 3.05) is 20.3 Å². The SMILES string of the molecule is COCC(C)NC(N)=NCC(C)(C)Cc1ccccc1. The van der Waals surface area contributed by atoms with Crippen molar-refractivity contribution < 1.29 is 4.74 Å². The Bertz CT molecular complexity index is 415. The summed E-state index contributed by atoms with van der Waals surface area (Å²) in [5, 5.41) is 3.12. The van der Waals surface area contributed by atoms with Crippen molar-refractivity contribution in [1.29, 1.82) is 0 Å². The minimum atomic E-state index is 0.0815. The van der Waals surface area contributed by atoms with Crippen LogP contribution in [0.1, 0.15) is 26.3 Å². The van der Waals surface area contributed by atoms with E-state index in [4.69, 9.17) is 10.5 Å². The molecule has 0 aliphatic heterocycles. The van der Waals surface area contributed by atoms with Crippen molar-refractivity contribution in [2.45, 2.75) is 33.2 Å². The third kappa shape index (κ3) is 6.57. The van der Waals surface area contributed by atoms with Gasteiger partial charge in [0.1, 0.15) is 0 Å². The molecule has 20 heavy (non-hydrogen) atoms. The first-order valence-corrected chi connectivity index (χ1v) is 7.02. The second-order valence-corrected chi connectivity index (χ2v) is 6.03. The minimum Gasteiger partial charge on any atom is -0.383 e. The number of hydrogen-bond donors (Lipinski definition) is 2. The zero-order chi connectivity index (χ0) is 15.0. The third-order valence-corrected chi connectivity index (χ3v) is 3.01. The van der Waals surface area contributed by atoms with E-state index in [9.17, 15) is 0 Å².